The van der Waals surface area contributed by atoms with Gasteiger partial charge in [-0.15, -0.1) is 6.42 Å². The van der Waals surface area contributed by atoms with E-state index in [1.165, 1.54) is 0 Å². The van der Waals surface area contributed by atoms with Gasteiger partial charge < -0.3 is 4.18 Å². The minimum atomic E-state index is -1.20. The molecule has 1 rings (SSSR count). The maximum Gasteiger partial charge on any atom is 0.211 e. The molecule has 0 aromatic rings. The summed E-state index contributed by atoms with van der Waals surface area (Å²) in [6, 6.07) is 0. The zero-order valence-electron chi connectivity index (χ0n) is 5.01. The van der Waals surface area contributed by atoms with Gasteiger partial charge in [0.05, 0.1) is 5.75 Å². The minimum Gasteiger partial charge on any atom is -0.391 e. The average molecular weight is 142 g/mol. The molecule has 48 valence electrons. The lowest BCUT2D eigenvalue weighted by Gasteiger charge is -1.88. The standard InChI is InChI=1S/C6H6O2S/c1-3-6-5(2)4-9(7)8-6/h1H,4H2,2H3. The summed E-state index contributed by atoms with van der Waals surface area (Å²) in [5.41, 5.74) is 0.899. The van der Waals surface area contributed by atoms with Crippen LogP contribution in [0.2, 0.25) is 0 Å². The first-order valence-electron chi connectivity index (χ1n) is 2.47. The molecule has 1 atom stereocenters. The summed E-state index contributed by atoms with van der Waals surface area (Å²) >= 11 is -1.20. The van der Waals surface area contributed by atoms with E-state index >= 15 is 0 Å². The highest BCUT2D eigenvalue weighted by molar-refractivity contribution is 7.80. The normalized spacial score (nSPS) is 25.6. The van der Waals surface area contributed by atoms with Crippen molar-refractivity contribution in [3.8, 4) is 12.3 Å². The molecule has 2 nitrogen and oxygen atoms in total. The summed E-state index contributed by atoms with van der Waals surface area (Å²) in [6.07, 6.45) is 5.02. The van der Waals surface area contributed by atoms with Gasteiger partial charge in [0.1, 0.15) is 0 Å². The highest BCUT2D eigenvalue weighted by atomic mass is 32.2. The van der Waals surface area contributed by atoms with E-state index < -0.39 is 11.1 Å². The molecule has 0 saturated heterocycles. The average Bonchev–Trinajstić information content (AvgIpc) is 2.10. The van der Waals surface area contributed by atoms with Crippen LogP contribution in [0.25, 0.3) is 0 Å². The van der Waals surface area contributed by atoms with Crippen LogP contribution in [0.1, 0.15) is 6.92 Å². The van der Waals surface area contributed by atoms with Gasteiger partial charge in [-0.1, -0.05) is 0 Å². The Labute approximate surface area is 56.6 Å². The van der Waals surface area contributed by atoms with E-state index in [1.54, 1.807) is 0 Å². The molecule has 0 N–H and O–H groups in total. The van der Waals surface area contributed by atoms with Crippen molar-refractivity contribution in [2.75, 3.05) is 5.75 Å². The first kappa shape index (κ1) is 6.37. The topological polar surface area (TPSA) is 26.3 Å². The number of allylic oxidation sites excluding steroid dienone is 1. The van der Waals surface area contributed by atoms with E-state index in [9.17, 15) is 4.21 Å². The number of terminal acetylenes is 1. The third-order valence-corrected chi connectivity index (χ3v) is 2.05. The Morgan fingerprint density at radius 1 is 1.89 bits per heavy atom. The molecule has 3 heteroatoms. The Hall–Kier alpha value is -0.750. The van der Waals surface area contributed by atoms with Gasteiger partial charge in [0.15, 0.2) is 5.76 Å². The van der Waals surface area contributed by atoms with E-state index in [-0.39, 0.29) is 0 Å². The van der Waals surface area contributed by atoms with Crippen molar-refractivity contribution in [1.82, 2.24) is 0 Å². The summed E-state index contributed by atoms with van der Waals surface area (Å²) in [4.78, 5) is 0. The summed E-state index contributed by atoms with van der Waals surface area (Å²) < 4.78 is 15.3. The molecule has 1 unspecified atom stereocenters. The molecule has 0 aliphatic carbocycles. The number of hydrogen-bond donors (Lipinski definition) is 0. The molecule has 0 aromatic carbocycles. The summed E-state index contributed by atoms with van der Waals surface area (Å²) in [5, 5.41) is 0. The van der Waals surface area contributed by atoms with Gasteiger partial charge >= 0.3 is 0 Å². The quantitative estimate of drug-likeness (QED) is 0.463. The van der Waals surface area contributed by atoms with Gasteiger partial charge in [-0.25, -0.2) is 4.21 Å². The molecule has 1 heterocycles. The molecule has 0 bridgehead atoms. The molecular weight excluding hydrogens is 136 g/mol. The summed E-state index contributed by atoms with van der Waals surface area (Å²) in [7, 11) is 0. The number of rotatable bonds is 0. The summed E-state index contributed by atoms with van der Waals surface area (Å²) in [5.74, 6) is 3.20. The van der Waals surface area contributed by atoms with Gasteiger partial charge in [0.25, 0.3) is 0 Å². The van der Waals surface area contributed by atoms with Crippen LogP contribution < -0.4 is 0 Å². The Morgan fingerprint density at radius 2 is 2.56 bits per heavy atom. The van der Waals surface area contributed by atoms with E-state index in [1.807, 2.05) is 6.92 Å². The fraction of sp³-hybridized carbons (Fsp3) is 0.333. The van der Waals surface area contributed by atoms with Crippen molar-refractivity contribution in [3.05, 3.63) is 11.3 Å². The molecule has 0 radical (unpaired) electrons. The zero-order valence-corrected chi connectivity index (χ0v) is 5.83. The van der Waals surface area contributed by atoms with Gasteiger partial charge in [-0.05, 0) is 18.4 Å². The van der Waals surface area contributed by atoms with Crippen LogP contribution in [0.4, 0.5) is 0 Å². The fourth-order valence-electron chi connectivity index (χ4n) is 0.583. The first-order chi connectivity index (χ1) is 4.24. The van der Waals surface area contributed by atoms with Crippen molar-refractivity contribution in [2.24, 2.45) is 0 Å². The molecule has 0 saturated carbocycles. The minimum absolute atomic E-state index is 0.438. The molecule has 0 spiro atoms. The maximum atomic E-state index is 10.6. The Kier molecular flexibility index (Phi) is 1.58. The molecular formula is C6H6O2S. The van der Waals surface area contributed by atoms with Gasteiger partial charge in [0.2, 0.25) is 11.1 Å². The largest absolute Gasteiger partial charge is 0.391 e. The zero-order chi connectivity index (χ0) is 6.85. The van der Waals surface area contributed by atoms with E-state index in [2.05, 4.69) is 5.92 Å². The highest BCUT2D eigenvalue weighted by Crippen LogP contribution is 2.16. The SMILES string of the molecule is C#CC1=C(C)CS(=O)O1. The first-order valence-corrected chi connectivity index (χ1v) is 3.71. The smallest absolute Gasteiger partial charge is 0.211 e. The summed E-state index contributed by atoms with van der Waals surface area (Å²) in [6.45, 7) is 1.82. The van der Waals surface area contributed by atoms with Crippen molar-refractivity contribution in [1.29, 1.82) is 0 Å². The lowest BCUT2D eigenvalue weighted by molar-refractivity contribution is 0.491. The molecule has 0 aromatic heterocycles. The van der Waals surface area contributed by atoms with Crippen LogP contribution in [-0.2, 0) is 15.3 Å². The Morgan fingerprint density at radius 3 is 2.78 bits per heavy atom. The third-order valence-electron chi connectivity index (χ3n) is 1.03. The third kappa shape index (κ3) is 1.14. The molecule has 0 amide bonds. The van der Waals surface area contributed by atoms with E-state index in [0.717, 1.165) is 5.57 Å². The second-order valence-electron chi connectivity index (χ2n) is 1.79. The Balaban J connectivity index is 2.84. The van der Waals surface area contributed by atoms with E-state index in [0.29, 0.717) is 11.5 Å². The fourth-order valence-corrected chi connectivity index (χ4v) is 1.50. The monoisotopic (exact) mass is 142 g/mol. The van der Waals surface area contributed by atoms with Crippen molar-refractivity contribution in [3.63, 3.8) is 0 Å². The van der Waals surface area contributed by atoms with Gasteiger partial charge in [-0.3, -0.25) is 0 Å². The second kappa shape index (κ2) is 2.24. The van der Waals surface area contributed by atoms with Crippen LogP contribution in [0.5, 0.6) is 0 Å². The van der Waals surface area contributed by atoms with E-state index in [4.69, 9.17) is 10.6 Å². The Bertz CT molecular complexity index is 222. The van der Waals surface area contributed by atoms with Crippen molar-refractivity contribution in [2.45, 2.75) is 6.92 Å². The number of hydrogen-bond acceptors (Lipinski definition) is 2. The molecule has 1 aliphatic rings. The second-order valence-corrected chi connectivity index (χ2v) is 2.85. The predicted octanol–water partition coefficient (Wildman–Crippen LogP) is 0.587. The highest BCUT2D eigenvalue weighted by Gasteiger charge is 2.16. The molecule has 1 aliphatic heterocycles. The van der Waals surface area contributed by atoms with Crippen LogP contribution in [-0.4, -0.2) is 9.96 Å². The van der Waals surface area contributed by atoms with Crippen molar-refractivity contribution < 1.29 is 8.39 Å². The van der Waals surface area contributed by atoms with Gasteiger partial charge in [0, 0.05) is 0 Å². The van der Waals surface area contributed by atoms with Crippen LogP contribution >= 0.6 is 0 Å². The molecule has 9 heavy (non-hydrogen) atoms. The van der Waals surface area contributed by atoms with Gasteiger partial charge in [-0.2, -0.15) is 0 Å². The lowest BCUT2D eigenvalue weighted by atomic mass is 10.3. The van der Waals surface area contributed by atoms with Crippen LogP contribution in [0.3, 0.4) is 0 Å². The van der Waals surface area contributed by atoms with Crippen LogP contribution in [0.15, 0.2) is 11.3 Å². The lowest BCUT2D eigenvalue weighted by Crippen LogP contribution is -1.88. The maximum absolute atomic E-state index is 10.6. The predicted molar refractivity (Wildman–Crippen MR) is 35.6 cm³/mol. The molecule has 0 fully saturated rings. The van der Waals surface area contributed by atoms with Crippen molar-refractivity contribution >= 4 is 11.1 Å². The van der Waals surface area contributed by atoms with Crippen LogP contribution in [0, 0.1) is 12.3 Å².